The number of para-hydroxylation sites is 1. The Morgan fingerprint density at radius 3 is 2.33 bits per heavy atom. The average Bonchev–Trinajstić information content (AvgIpc) is 3.30. The zero-order valence-corrected chi connectivity index (χ0v) is 16.3. The van der Waals surface area contributed by atoms with Crippen LogP contribution in [0, 0.1) is 0 Å². The van der Waals surface area contributed by atoms with Gasteiger partial charge in [-0.05, 0) is 42.0 Å². The molecule has 0 saturated heterocycles. The van der Waals surface area contributed by atoms with Crippen LogP contribution in [-0.4, -0.2) is 24.8 Å². The summed E-state index contributed by atoms with van der Waals surface area (Å²) in [6.07, 6.45) is 1.51. The molecule has 8 nitrogen and oxygen atoms in total. The maximum absolute atomic E-state index is 12.5. The van der Waals surface area contributed by atoms with Crippen LogP contribution in [-0.2, 0) is 22.7 Å². The molecule has 0 fully saturated rings. The molecule has 0 saturated carbocycles. The number of benzene rings is 2. The van der Waals surface area contributed by atoms with Gasteiger partial charge in [0.05, 0.1) is 31.2 Å². The summed E-state index contributed by atoms with van der Waals surface area (Å²) in [5.74, 6) is -0.778. The number of rotatable bonds is 7. The molecule has 1 aromatic heterocycles. The quantitative estimate of drug-likeness (QED) is 0.521. The van der Waals surface area contributed by atoms with E-state index >= 15 is 0 Å². The first-order valence-corrected chi connectivity index (χ1v) is 9.18. The summed E-state index contributed by atoms with van der Waals surface area (Å²) in [5.41, 5.74) is 1.29. The van der Waals surface area contributed by atoms with Gasteiger partial charge >= 0.3 is 11.8 Å². The van der Waals surface area contributed by atoms with Crippen molar-refractivity contribution >= 4 is 23.4 Å². The average molecular weight is 407 g/mol. The number of carbonyl (C=O) groups is 3. The number of methoxy groups -OCH3 is 1. The van der Waals surface area contributed by atoms with E-state index in [-0.39, 0.29) is 24.3 Å². The van der Waals surface area contributed by atoms with Gasteiger partial charge in [-0.25, -0.2) is 0 Å². The summed E-state index contributed by atoms with van der Waals surface area (Å²) < 4.78 is 10.3. The molecular formula is C22H21N3O5. The zero-order chi connectivity index (χ0) is 21.3. The number of furan rings is 1. The second-order valence-electron chi connectivity index (χ2n) is 6.29. The minimum absolute atomic E-state index is 0.182. The van der Waals surface area contributed by atoms with Crippen LogP contribution in [0.15, 0.2) is 71.3 Å². The summed E-state index contributed by atoms with van der Waals surface area (Å²) >= 11 is 0. The molecule has 30 heavy (non-hydrogen) atoms. The normalized spacial score (nSPS) is 10.2. The van der Waals surface area contributed by atoms with Crippen molar-refractivity contribution in [2.45, 2.75) is 13.1 Å². The Kier molecular flexibility index (Phi) is 6.83. The molecule has 3 N–H and O–H groups in total. The molecule has 0 bridgehead atoms. The van der Waals surface area contributed by atoms with E-state index in [0.29, 0.717) is 11.5 Å². The first-order chi connectivity index (χ1) is 14.6. The maximum Gasteiger partial charge on any atom is 0.313 e. The van der Waals surface area contributed by atoms with Crippen molar-refractivity contribution in [2.24, 2.45) is 0 Å². The number of anilines is 1. The third-order valence-corrected chi connectivity index (χ3v) is 4.24. The van der Waals surface area contributed by atoms with Gasteiger partial charge < -0.3 is 25.1 Å². The fourth-order valence-corrected chi connectivity index (χ4v) is 2.65. The Morgan fingerprint density at radius 1 is 0.867 bits per heavy atom. The van der Waals surface area contributed by atoms with Crippen LogP contribution < -0.4 is 20.7 Å². The van der Waals surface area contributed by atoms with E-state index in [0.717, 1.165) is 5.56 Å². The summed E-state index contributed by atoms with van der Waals surface area (Å²) in [5, 5.41) is 7.73. The van der Waals surface area contributed by atoms with Crippen LogP contribution >= 0.6 is 0 Å². The second kappa shape index (κ2) is 9.92. The van der Waals surface area contributed by atoms with E-state index in [2.05, 4.69) is 16.0 Å². The molecular weight excluding hydrogens is 386 g/mol. The molecule has 1 heterocycles. The number of amides is 3. The molecule has 3 rings (SSSR count). The number of carbonyl (C=O) groups excluding carboxylic acids is 3. The highest BCUT2D eigenvalue weighted by molar-refractivity contribution is 6.40. The van der Waals surface area contributed by atoms with Crippen LogP contribution in [0.25, 0.3) is 0 Å². The lowest BCUT2D eigenvalue weighted by atomic mass is 10.1. The summed E-state index contributed by atoms with van der Waals surface area (Å²) in [4.78, 5) is 36.9. The monoisotopic (exact) mass is 407 g/mol. The van der Waals surface area contributed by atoms with Gasteiger partial charge in [0, 0.05) is 6.54 Å². The predicted molar refractivity (Wildman–Crippen MR) is 110 cm³/mol. The largest absolute Gasteiger partial charge is 0.497 e. The summed E-state index contributed by atoms with van der Waals surface area (Å²) in [7, 11) is 1.57. The molecule has 3 amide bonds. The third-order valence-electron chi connectivity index (χ3n) is 4.24. The van der Waals surface area contributed by atoms with E-state index in [4.69, 9.17) is 9.15 Å². The number of ether oxygens (including phenoxy) is 1. The van der Waals surface area contributed by atoms with Crippen molar-refractivity contribution in [3.8, 4) is 5.75 Å². The molecule has 154 valence electrons. The molecule has 0 atom stereocenters. The van der Waals surface area contributed by atoms with Crippen molar-refractivity contribution < 1.29 is 23.5 Å². The SMILES string of the molecule is COc1ccc(CNC(=O)C(=O)Nc2ccccc2C(=O)NCc2ccco2)cc1. The fraction of sp³-hybridized carbons (Fsp3) is 0.136. The predicted octanol–water partition coefficient (Wildman–Crippen LogP) is 2.47. The molecule has 3 aromatic rings. The first-order valence-electron chi connectivity index (χ1n) is 9.18. The van der Waals surface area contributed by atoms with Gasteiger partial charge in [-0.1, -0.05) is 24.3 Å². The minimum Gasteiger partial charge on any atom is -0.497 e. The Hall–Kier alpha value is -4.07. The smallest absolute Gasteiger partial charge is 0.313 e. The maximum atomic E-state index is 12.5. The Bertz CT molecular complexity index is 1010. The van der Waals surface area contributed by atoms with Gasteiger partial charge in [0.1, 0.15) is 11.5 Å². The lowest BCUT2D eigenvalue weighted by Gasteiger charge is -2.11. The van der Waals surface area contributed by atoms with Crippen molar-refractivity contribution in [3.05, 3.63) is 83.8 Å². The minimum atomic E-state index is -0.866. The van der Waals surface area contributed by atoms with E-state index in [9.17, 15) is 14.4 Å². The van der Waals surface area contributed by atoms with Crippen LogP contribution in [0.1, 0.15) is 21.7 Å². The zero-order valence-electron chi connectivity index (χ0n) is 16.3. The number of hydrogen-bond acceptors (Lipinski definition) is 5. The number of nitrogens with one attached hydrogen (secondary N) is 3. The highest BCUT2D eigenvalue weighted by Crippen LogP contribution is 2.15. The lowest BCUT2D eigenvalue weighted by Crippen LogP contribution is -2.35. The van der Waals surface area contributed by atoms with Crippen LogP contribution in [0.3, 0.4) is 0 Å². The van der Waals surface area contributed by atoms with Crippen LogP contribution in [0.4, 0.5) is 5.69 Å². The van der Waals surface area contributed by atoms with E-state index < -0.39 is 17.7 Å². The second-order valence-corrected chi connectivity index (χ2v) is 6.29. The Balaban J connectivity index is 1.57. The number of hydrogen-bond donors (Lipinski definition) is 3. The van der Waals surface area contributed by atoms with E-state index in [1.807, 2.05) is 0 Å². The van der Waals surface area contributed by atoms with E-state index in [1.165, 1.54) is 6.26 Å². The van der Waals surface area contributed by atoms with Gasteiger partial charge in [0.15, 0.2) is 0 Å². The highest BCUT2D eigenvalue weighted by atomic mass is 16.5. The molecule has 0 radical (unpaired) electrons. The van der Waals surface area contributed by atoms with Gasteiger partial charge in [0.2, 0.25) is 0 Å². The van der Waals surface area contributed by atoms with Gasteiger partial charge in [0.25, 0.3) is 5.91 Å². The van der Waals surface area contributed by atoms with Crippen molar-refractivity contribution in [1.82, 2.24) is 10.6 Å². The third kappa shape index (κ3) is 5.48. The van der Waals surface area contributed by atoms with Crippen LogP contribution in [0.2, 0.25) is 0 Å². The fourth-order valence-electron chi connectivity index (χ4n) is 2.65. The molecule has 0 aliphatic rings. The van der Waals surface area contributed by atoms with Gasteiger partial charge in [-0.3, -0.25) is 14.4 Å². The van der Waals surface area contributed by atoms with Crippen molar-refractivity contribution in [2.75, 3.05) is 12.4 Å². The Labute approximate surface area is 173 Å². The van der Waals surface area contributed by atoms with Crippen molar-refractivity contribution in [3.63, 3.8) is 0 Å². The molecule has 0 unspecified atom stereocenters. The van der Waals surface area contributed by atoms with Crippen molar-refractivity contribution in [1.29, 1.82) is 0 Å². The molecule has 8 heteroatoms. The molecule has 0 aliphatic carbocycles. The van der Waals surface area contributed by atoms with Gasteiger partial charge in [-0.15, -0.1) is 0 Å². The van der Waals surface area contributed by atoms with Crippen LogP contribution in [0.5, 0.6) is 5.75 Å². The standard InChI is InChI=1S/C22H21N3O5/c1-29-16-10-8-15(9-11-16)13-23-21(27)22(28)25-19-7-3-2-6-18(19)20(26)24-14-17-5-4-12-30-17/h2-12H,13-14H2,1H3,(H,23,27)(H,24,26)(H,25,28). The van der Waals surface area contributed by atoms with E-state index in [1.54, 1.807) is 67.8 Å². The molecule has 2 aromatic carbocycles. The molecule has 0 spiro atoms. The molecule has 0 aliphatic heterocycles. The topological polar surface area (TPSA) is 110 Å². The Morgan fingerprint density at radius 2 is 1.63 bits per heavy atom. The summed E-state index contributed by atoms with van der Waals surface area (Å²) in [6, 6.07) is 17.0. The van der Waals surface area contributed by atoms with Gasteiger partial charge in [-0.2, -0.15) is 0 Å². The highest BCUT2D eigenvalue weighted by Gasteiger charge is 2.18. The first kappa shape index (κ1) is 20.7. The lowest BCUT2D eigenvalue weighted by molar-refractivity contribution is -0.136. The summed E-state index contributed by atoms with van der Waals surface area (Å²) in [6.45, 7) is 0.387.